The smallest absolute Gasteiger partial charge is 0.263 e. The van der Waals surface area contributed by atoms with Gasteiger partial charge in [0, 0.05) is 12.7 Å². The molecule has 0 aliphatic rings. The normalized spacial score (nSPS) is 11.1. The number of pyridine rings is 1. The first-order chi connectivity index (χ1) is 9.62. The number of nitrogens with zero attached hydrogens (tertiary/aromatic N) is 1. The molecule has 0 amide bonds. The lowest BCUT2D eigenvalue weighted by Gasteiger charge is -2.08. The molecule has 0 fully saturated rings. The van der Waals surface area contributed by atoms with E-state index in [4.69, 9.17) is 10.5 Å². The van der Waals surface area contributed by atoms with E-state index in [9.17, 15) is 8.42 Å². The highest BCUT2D eigenvalue weighted by molar-refractivity contribution is 7.92. The van der Waals surface area contributed by atoms with Crippen LogP contribution in [-0.2, 0) is 10.0 Å². The highest BCUT2D eigenvalue weighted by atomic mass is 32.2. The van der Waals surface area contributed by atoms with Crippen LogP contribution in [0.15, 0.2) is 53.6 Å². The molecule has 6 nitrogen and oxygen atoms in total. The number of hydrogen-bond donors (Lipinski definition) is 2. The van der Waals surface area contributed by atoms with Crippen LogP contribution in [0.2, 0.25) is 0 Å². The molecule has 2 rings (SSSR count). The quantitative estimate of drug-likeness (QED) is 0.835. The molecule has 0 saturated carbocycles. The van der Waals surface area contributed by atoms with E-state index in [-0.39, 0.29) is 10.7 Å². The first kappa shape index (κ1) is 14.3. The van der Waals surface area contributed by atoms with Crippen molar-refractivity contribution in [2.24, 2.45) is 5.73 Å². The molecule has 1 heterocycles. The third-order valence-electron chi connectivity index (χ3n) is 2.42. The van der Waals surface area contributed by atoms with E-state index in [0.29, 0.717) is 18.9 Å². The fourth-order valence-electron chi connectivity index (χ4n) is 1.51. The number of nitrogens with one attached hydrogen (secondary N) is 1. The Morgan fingerprint density at radius 1 is 1.15 bits per heavy atom. The predicted octanol–water partition coefficient (Wildman–Crippen LogP) is 1.22. The minimum Gasteiger partial charge on any atom is -0.492 e. The fourth-order valence-corrected chi connectivity index (χ4v) is 2.52. The van der Waals surface area contributed by atoms with E-state index in [1.807, 2.05) is 0 Å². The van der Waals surface area contributed by atoms with Crippen molar-refractivity contribution >= 4 is 15.8 Å². The second kappa shape index (κ2) is 6.36. The lowest BCUT2D eigenvalue weighted by Crippen LogP contribution is -2.14. The number of anilines is 1. The fraction of sp³-hybridized carbons (Fsp3) is 0.154. The Hall–Kier alpha value is -2.12. The van der Waals surface area contributed by atoms with E-state index in [1.54, 1.807) is 30.3 Å². The Morgan fingerprint density at radius 3 is 2.50 bits per heavy atom. The van der Waals surface area contributed by atoms with Crippen molar-refractivity contribution in [3.63, 3.8) is 0 Å². The van der Waals surface area contributed by atoms with E-state index < -0.39 is 10.0 Å². The van der Waals surface area contributed by atoms with Gasteiger partial charge in [0.05, 0.1) is 4.90 Å². The first-order valence-corrected chi connectivity index (χ1v) is 7.47. The number of benzene rings is 1. The van der Waals surface area contributed by atoms with Crippen molar-refractivity contribution < 1.29 is 13.2 Å². The monoisotopic (exact) mass is 293 g/mol. The van der Waals surface area contributed by atoms with Gasteiger partial charge in [-0.05, 0) is 36.4 Å². The summed E-state index contributed by atoms with van der Waals surface area (Å²) < 4.78 is 31.9. The standard InChI is InChI=1S/C13H15N3O3S/c14-8-10-19-11-4-6-12(7-5-11)20(17,18)16-13-3-1-2-9-15-13/h1-7,9H,8,10,14H2,(H,15,16). The number of aromatic nitrogens is 1. The maximum atomic E-state index is 12.1. The number of hydrogen-bond acceptors (Lipinski definition) is 5. The van der Waals surface area contributed by atoms with Crippen LogP contribution in [0.4, 0.5) is 5.82 Å². The van der Waals surface area contributed by atoms with Gasteiger partial charge in [-0.3, -0.25) is 4.72 Å². The van der Waals surface area contributed by atoms with Crippen LogP contribution in [0.1, 0.15) is 0 Å². The molecule has 1 aromatic heterocycles. The van der Waals surface area contributed by atoms with Crippen LogP contribution in [0, 0.1) is 0 Å². The Bertz CT molecular complexity index is 642. The number of nitrogens with two attached hydrogens (primary N) is 1. The summed E-state index contributed by atoms with van der Waals surface area (Å²) in [5.41, 5.74) is 5.32. The van der Waals surface area contributed by atoms with Gasteiger partial charge in [0.2, 0.25) is 0 Å². The summed E-state index contributed by atoms with van der Waals surface area (Å²) in [5.74, 6) is 0.850. The zero-order valence-corrected chi connectivity index (χ0v) is 11.5. The number of ether oxygens (including phenoxy) is 1. The van der Waals surface area contributed by atoms with Gasteiger partial charge in [-0.25, -0.2) is 13.4 Å². The number of sulfonamides is 1. The summed E-state index contributed by atoms with van der Waals surface area (Å²) in [6.45, 7) is 0.791. The lowest BCUT2D eigenvalue weighted by atomic mass is 10.3. The first-order valence-electron chi connectivity index (χ1n) is 5.98. The largest absolute Gasteiger partial charge is 0.492 e. The van der Waals surface area contributed by atoms with Crippen molar-refractivity contribution in [3.8, 4) is 5.75 Å². The highest BCUT2D eigenvalue weighted by Crippen LogP contribution is 2.18. The van der Waals surface area contributed by atoms with Crippen molar-refractivity contribution in [2.45, 2.75) is 4.90 Å². The maximum absolute atomic E-state index is 12.1. The molecule has 2 aromatic rings. The molecule has 106 valence electrons. The summed E-state index contributed by atoms with van der Waals surface area (Å²) >= 11 is 0. The highest BCUT2D eigenvalue weighted by Gasteiger charge is 2.14. The van der Waals surface area contributed by atoms with Crippen molar-refractivity contribution in [2.75, 3.05) is 17.9 Å². The minimum atomic E-state index is -3.64. The lowest BCUT2D eigenvalue weighted by molar-refractivity contribution is 0.328. The van der Waals surface area contributed by atoms with Gasteiger partial charge in [0.25, 0.3) is 10.0 Å². The van der Waals surface area contributed by atoms with Gasteiger partial charge in [-0.1, -0.05) is 6.07 Å². The topological polar surface area (TPSA) is 94.3 Å². The SMILES string of the molecule is NCCOc1ccc(S(=O)(=O)Nc2ccccn2)cc1. The molecule has 0 spiro atoms. The summed E-state index contributed by atoms with van der Waals surface area (Å²) in [7, 11) is -3.64. The molecule has 0 aliphatic carbocycles. The molecule has 3 N–H and O–H groups in total. The van der Waals surface area contributed by atoms with Crippen LogP contribution in [-0.4, -0.2) is 26.6 Å². The van der Waals surface area contributed by atoms with E-state index >= 15 is 0 Å². The molecule has 0 aliphatic heterocycles. The van der Waals surface area contributed by atoms with Gasteiger partial charge < -0.3 is 10.5 Å². The summed E-state index contributed by atoms with van der Waals surface area (Å²) in [6, 6.07) is 11.1. The molecule has 0 radical (unpaired) electrons. The van der Waals surface area contributed by atoms with Crippen LogP contribution >= 0.6 is 0 Å². The van der Waals surface area contributed by atoms with Crippen LogP contribution in [0.25, 0.3) is 0 Å². The molecule has 0 saturated heterocycles. The predicted molar refractivity (Wildman–Crippen MR) is 76.0 cm³/mol. The van der Waals surface area contributed by atoms with Gasteiger partial charge in [-0.2, -0.15) is 0 Å². The third-order valence-corrected chi connectivity index (χ3v) is 3.80. The van der Waals surface area contributed by atoms with Gasteiger partial charge in [-0.15, -0.1) is 0 Å². The average molecular weight is 293 g/mol. The van der Waals surface area contributed by atoms with Gasteiger partial charge >= 0.3 is 0 Å². The maximum Gasteiger partial charge on any atom is 0.263 e. The molecular formula is C13H15N3O3S. The second-order valence-corrected chi connectivity index (χ2v) is 5.61. The molecule has 0 atom stereocenters. The van der Waals surface area contributed by atoms with Crippen LogP contribution < -0.4 is 15.2 Å². The zero-order chi connectivity index (χ0) is 14.4. The Balaban J connectivity index is 2.13. The van der Waals surface area contributed by atoms with Gasteiger partial charge in [0.1, 0.15) is 18.2 Å². The van der Waals surface area contributed by atoms with Crippen LogP contribution in [0.5, 0.6) is 5.75 Å². The average Bonchev–Trinajstić information content (AvgIpc) is 2.46. The Labute approximate surface area is 117 Å². The summed E-state index contributed by atoms with van der Waals surface area (Å²) in [4.78, 5) is 4.06. The summed E-state index contributed by atoms with van der Waals surface area (Å²) in [5, 5.41) is 0. The minimum absolute atomic E-state index is 0.142. The van der Waals surface area contributed by atoms with E-state index in [1.165, 1.54) is 18.3 Å². The molecule has 0 bridgehead atoms. The Morgan fingerprint density at radius 2 is 1.90 bits per heavy atom. The Kier molecular flexibility index (Phi) is 4.54. The van der Waals surface area contributed by atoms with Crippen molar-refractivity contribution in [3.05, 3.63) is 48.7 Å². The molecular weight excluding hydrogens is 278 g/mol. The molecule has 1 aromatic carbocycles. The third kappa shape index (κ3) is 3.69. The second-order valence-electron chi connectivity index (χ2n) is 3.93. The van der Waals surface area contributed by atoms with E-state index in [0.717, 1.165) is 0 Å². The molecule has 20 heavy (non-hydrogen) atoms. The molecule has 7 heteroatoms. The van der Waals surface area contributed by atoms with Crippen molar-refractivity contribution in [1.29, 1.82) is 0 Å². The van der Waals surface area contributed by atoms with E-state index in [2.05, 4.69) is 9.71 Å². The number of rotatable bonds is 6. The zero-order valence-electron chi connectivity index (χ0n) is 10.7. The summed E-state index contributed by atoms with van der Waals surface area (Å²) in [6.07, 6.45) is 1.52. The van der Waals surface area contributed by atoms with Crippen molar-refractivity contribution in [1.82, 2.24) is 4.98 Å². The molecule has 0 unspecified atom stereocenters. The van der Waals surface area contributed by atoms with Gasteiger partial charge in [0.15, 0.2) is 0 Å². The van der Waals surface area contributed by atoms with Crippen LogP contribution in [0.3, 0.4) is 0 Å².